The Morgan fingerprint density at radius 3 is 0.825 bits per heavy atom. The first-order valence-corrected chi connectivity index (χ1v) is 18.1. The lowest BCUT2D eigenvalue weighted by molar-refractivity contribution is 0.879. The molecule has 12 heteroatoms. The van der Waals surface area contributed by atoms with E-state index >= 15 is 0 Å². The van der Waals surface area contributed by atoms with E-state index in [0.717, 1.165) is 67.1 Å². The van der Waals surface area contributed by atoms with Crippen LogP contribution in [-0.2, 0) is 0 Å². The van der Waals surface area contributed by atoms with E-state index in [9.17, 15) is 0 Å². The summed E-state index contributed by atoms with van der Waals surface area (Å²) in [6.45, 7) is 0. The van der Waals surface area contributed by atoms with E-state index in [-0.39, 0.29) is 0 Å². The molecule has 0 bridgehead atoms. The first kappa shape index (κ1) is 33.3. The van der Waals surface area contributed by atoms with Crippen LogP contribution < -0.4 is 0 Å². The number of aromatic nitrogens is 12. The van der Waals surface area contributed by atoms with E-state index in [1.165, 1.54) is 19.0 Å². The average Bonchev–Trinajstić information content (AvgIpc) is 4.13. The Morgan fingerprint density at radius 1 is 0.281 bits per heavy atom. The van der Waals surface area contributed by atoms with Crippen molar-refractivity contribution in [3.8, 4) is 84.6 Å². The molecule has 0 aliphatic rings. The van der Waals surface area contributed by atoms with Crippen LogP contribution in [0.2, 0.25) is 0 Å². The van der Waals surface area contributed by atoms with Gasteiger partial charge in [0.25, 0.3) is 0 Å². The maximum absolute atomic E-state index is 5.11. The quantitative estimate of drug-likeness (QED) is 0.143. The van der Waals surface area contributed by atoms with Crippen LogP contribution in [0.3, 0.4) is 0 Å². The second-order valence-corrected chi connectivity index (χ2v) is 13.2. The van der Waals surface area contributed by atoms with Gasteiger partial charge in [0.1, 0.15) is 38.0 Å². The molecule has 0 aliphatic carbocycles. The van der Waals surface area contributed by atoms with E-state index in [1.807, 2.05) is 72.8 Å². The van der Waals surface area contributed by atoms with Crippen molar-refractivity contribution in [2.45, 2.75) is 0 Å². The van der Waals surface area contributed by atoms with Crippen molar-refractivity contribution in [1.29, 1.82) is 0 Å². The number of hydrogen-bond donors (Lipinski definition) is 0. The van der Waals surface area contributed by atoms with Gasteiger partial charge in [0, 0.05) is 16.7 Å². The van der Waals surface area contributed by atoms with Crippen LogP contribution in [0.4, 0.5) is 0 Å². The van der Waals surface area contributed by atoms with E-state index in [1.54, 1.807) is 33.0 Å². The number of rotatable bonds is 9. The molecule has 10 aromatic rings. The summed E-state index contributed by atoms with van der Waals surface area (Å²) < 4.78 is 5.21. The third kappa shape index (κ3) is 6.85. The van der Waals surface area contributed by atoms with Crippen molar-refractivity contribution in [1.82, 2.24) is 59.2 Å². The van der Waals surface area contributed by atoms with E-state index in [4.69, 9.17) is 15.0 Å². The highest BCUT2D eigenvalue weighted by Crippen LogP contribution is 2.32. The van der Waals surface area contributed by atoms with Crippen LogP contribution in [0.25, 0.3) is 84.6 Å². The minimum Gasteiger partial charge on any atom is -0.223 e. The SMILES string of the molecule is c1cc(-c2ccc(-n3cncn3)cc2)cc(-c2nc(-c3cccc(-c4ccc(-n5cncn5)cc4)c3)nc(-c3cccc(-c4ccc(-n5cncn5)cc4)c3)n2)c1. The molecule has 0 saturated heterocycles. The van der Waals surface area contributed by atoms with Crippen LogP contribution in [-0.4, -0.2) is 59.2 Å². The summed E-state index contributed by atoms with van der Waals surface area (Å²) in [5.74, 6) is 1.71. The Hall–Kier alpha value is -8.25. The predicted octanol–water partition coefficient (Wildman–Crippen LogP) is 8.62. The smallest absolute Gasteiger partial charge is 0.164 e. The Labute approximate surface area is 326 Å². The molecular weight excluding hydrogens is 709 g/mol. The summed E-state index contributed by atoms with van der Waals surface area (Å²) in [5.41, 5.74) is 11.7. The van der Waals surface area contributed by atoms with E-state index < -0.39 is 0 Å². The van der Waals surface area contributed by atoms with Crippen LogP contribution in [0, 0.1) is 0 Å². The molecule has 57 heavy (non-hydrogen) atoms. The fraction of sp³-hybridized carbons (Fsp3) is 0. The fourth-order valence-electron chi connectivity index (χ4n) is 6.72. The summed E-state index contributed by atoms with van der Waals surface area (Å²) in [4.78, 5) is 27.5. The van der Waals surface area contributed by atoms with Gasteiger partial charge in [-0.15, -0.1) is 0 Å². The minimum atomic E-state index is 0.571. The molecule has 4 aromatic heterocycles. The van der Waals surface area contributed by atoms with Gasteiger partial charge >= 0.3 is 0 Å². The van der Waals surface area contributed by atoms with Crippen molar-refractivity contribution in [2.75, 3.05) is 0 Å². The van der Waals surface area contributed by atoms with Crippen molar-refractivity contribution in [3.05, 3.63) is 184 Å². The van der Waals surface area contributed by atoms with Gasteiger partial charge < -0.3 is 0 Å². The zero-order valence-corrected chi connectivity index (χ0v) is 30.2. The molecule has 0 atom stereocenters. The highest BCUT2D eigenvalue weighted by atomic mass is 15.3. The van der Waals surface area contributed by atoms with Gasteiger partial charge in [0.15, 0.2) is 17.5 Å². The standard InChI is InChI=1S/C45H30N12/c1-4-34(31-10-16-40(17-11-31)55-28-46-25-49-55)22-37(7-1)43-52-44(38-8-2-5-35(23-38)32-12-18-41(19-13-32)56-29-47-26-50-56)54-45(53-43)39-9-3-6-36(24-39)33-14-20-42(21-15-33)57-30-48-27-51-57/h1-30H. The van der Waals surface area contributed by atoms with Crippen LogP contribution in [0.5, 0.6) is 0 Å². The Balaban J connectivity index is 1.04. The summed E-state index contributed by atoms with van der Waals surface area (Å²) in [7, 11) is 0. The zero-order valence-electron chi connectivity index (χ0n) is 30.2. The molecule has 0 unspecified atom stereocenters. The van der Waals surface area contributed by atoms with Gasteiger partial charge in [-0.1, -0.05) is 91.0 Å². The topological polar surface area (TPSA) is 131 Å². The monoisotopic (exact) mass is 738 g/mol. The number of nitrogens with zero attached hydrogens (tertiary/aromatic N) is 12. The molecule has 0 spiro atoms. The second-order valence-electron chi connectivity index (χ2n) is 13.2. The largest absolute Gasteiger partial charge is 0.223 e. The summed E-state index contributed by atoms with van der Waals surface area (Å²) >= 11 is 0. The third-order valence-electron chi connectivity index (χ3n) is 9.65. The Kier molecular flexibility index (Phi) is 8.50. The lowest BCUT2D eigenvalue weighted by Gasteiger charge is -2.12. The van der Waals surface area contributed by atoms with Crippen LogP contribution >= 0.6 is 0 Å². The molecule has 270 valence electrons. The average molecular weight is 739 g/mol. The van der Waals surface area contributed by atoms with Gasteiger partial charge in [-0.05, 0) is 88.0 Å². The fourth-order valence-corrected chi connectivity index (χ4v) is 6.72. The number of hydrogen-bond acceptors (Lipinski definition) is 9. The second kappa shape index (κ2) is 14.5. The van der Waals surface area contributed by atoms with Crippen LogP contribution in [0.15, 0.2) is 184 Å². The number of benzene rings is 6. The first-order valence-electron chi connectivity index (χ1n) is 18.1. The molecule has 0 aliphatic heterocycles. The summed E-state index contributed by atoms with van der Waals surface area (Å²) in [6, 6.07) is 49.5. The van der Waals surface area contributed by atoms with E-state index in [0.29, 0.717) is 17.5 Å². The van der Waals surface area contributed by atoms with E-state index in [2.05, 4.69) is 103 Å². The van der Waals surface area contributed by atoms with Crippen molar-refractivity contribution in [3.63, 3.8) is 0 Å². The molecular formula is C45H30N12. The summed E-state index contributed by atoms with van der Waals surface area (Å²) in [6.07, 6.45) is 9.63. The van der Waals surface area contributed by atoms with Crippen molar-refractivity contribution < 1.29 is 0 Å². The lowest BCUT2D eigenvalue weighted by Crippen LogP contribution is -2.00. The van der Waals surface area contributed by atoms with Gasteiger partial charge in [0.05, 0.1) is 17.1 Å². The first-order chi connectivity index (χ1) is 28.2. The molecule has 0 radical (unpaired) electrons. The van der Waals surface area contributed by atoms with Gasteiger partial charge in [0.2, 0.25) is 0 Å². The lowest BCUT2D eigenvalue weighted by atomic mass is 10.0. The Morgan fingerprint density at radius 2 is 0.561 bits per heavy atom. The maximum Gasteiger partial charge on any atom is 0.164 e. The molecule has 12 nitrogen and oxygen atoms in total. The van der Waals surface area contributed by atoms with Gasteiger partial charge in [-0.25, -0.2) is 43.9 Å². The van der Waals surface area contributed by atoms with Crippen molar-refractivity contribution in [2.24, 2.45) is 0 Å². The molecule has 0 amide bonds. The summed E-state index contributed by atoms with van der Waals surface area (Å²) in [5, 5.41) is 12.8. The maximum atomic E-state index is 5.11. The Bertz CT molecular complexity index is 2590. The molecule has 0 fully saturated rings. The third-order valence-corrected chi connectivity index (χ3v) is 9.65. The molecule has 0 N–H and O–H groups in total. The molecule has 6 aromatic carbocycles. The van der Waals surface area contributed by atoms with Gasteiger partial charge in [-0.3, -0.25) is 0 Å². The molecule has 10 rings (SSSR count). The predicted molar refractivity (Wildman–Crippen MR) is 217 cm³/mol. The van der Waals surface area contributed by atoms with Crippen LogP contribution in [0.1, 0.15) is 0 Å². The minimum absolute atomic E-state index is 0.571. The zero-order chi connectivity index (χ0) is 38.0. The molecule has 4 heterocycles. The molecule has 0 saturated carbocycles. The normalized spacial score (nSPS) is 11.2. The van der Waals surface area contributed by atoms with Gasteiger partial charge in [-0.2, -0.15) is 15.3 Å². The highest BCUT2D eigenvalue weighted by Gasteiger charge is 2.15. The highest BCUT2D eigenvalue weighted by molar-refractivity contribution is 5.76. The van der Waals surface area contributed by atoms with Crippen molar-refractivity contribution >= 4 is 0 Å².